The molecule has 0 bridgehead atoms. The van der Waals surface area contributed by atoms with Gasteiger partial charge in [-0.2, -0.15) is 9.37 Å². The van der Waals surface area contributed by atoms with E-state index in [-0.39, 0.29) is 5.88 Å². The van der Waals surface area contributed by atoms with E-state index in [1.54, 1.807) is 6.07 Å². The third-order valence-electron chi connectivity index (χ3n) is 3.15. The Hall–Kier alpha value is -2.01. The molecule has 21 heavy (non-hydrogen) atoms. The molecule has 0 aliphatic carbocycles. The van der Waals surface area contributed by atoms with Gasteiger partial charge in [-0.05, 0) is 41.5 Å². The quantitative estimate of drug-likeness (QED) is 0.677. The molecule has 106 valence electrons. The zero-order chi connectivity index (χ0) is 14.8. The second-order valence-corrected chi connectivity index (χ2v) is 5.46. The Morgan fingerprint density at radius 1 is 1.10 bits per heavy atom. The van der Waals surface area contributed by atoms with E-state index >= 15 is 0 Å². The molecule has 0 radical (unpaired) electrons. The van der Waals surface area contributed by atoms with Crippen molar-refractivity contribution in [2.45, 2.75) is 13.3 Å². The number of nitrogens with zero attached hydrogens (tertiary/aromatic N) is 2. The minimum Gasteiger partial charge on any atom is -0.436 e. The maximum absolute atomic E-state index is 14.1. The topological polar surface area (TPSA) is 35.0 Å². The van der Waals surface area contributed by atoms with E-state index in [9.17, 15) is 4.39 Å². The van der Waals surface area contributed by atoms with Gasteiger partial charge in [-0.1, -0.05) is 35.0 Å². The summed E-state index contributed by atoms with van der Waals surface area (Å²) >= 11 is 3.43. The highest BCUT2D eigenvalue weighted by atomic mass is 79.9. The van der Waals surface area contributed by atoms with Crippen molar-refractivity contribution in [3.8, 4) is 11.6 Å². The van der Waals surface area contributed by atoms with E-state index in [4.69, 9.17) is 4.74 Å². The van der Waals surface area contributed by atoms with E-state index in [1.807, 2.05) is 37.3 Å². The number of rotatable bonds is 3. The number of hydrogen-bond acceptors (Lipinski definition) is 3. The first-order valence-electron chi connectivity index (χ1n) is 6.54. The summed E-state index contributed by atoms with van der Waals surface area (Å²) in [5.74, 6) is -0.00121. The van der Waals surface area contributed by atoms with Crippen LogP contribution in [0.25, 0.3) is 10.8 Å². The van der Waals surface area contributed by atoms with Crippen LogP contribution in [0.4, 0.5) is 4.39 Å². The lowest BCUT2D eigenvalue weighted by molar-refractivity contribution is 0.415. The van der Waals surface area contributed by atoms with Crippen molar-refractivity contribution in [1.29, 1.82) is 0 Å². The molecule has 0 spiro atoms. The smallest absolute Gasteiger partial charge is 0.259 e. The van der Waals surface area contributed by atoms with Gasteiger partial charge in [0.25, 0.3) is 5.88 Å². The Morgan fingerprint density at radius 2 is 1.86 bits per heavy atom. The lowest BCUT2D eigenvalue weighted by Gasteiger charge is -2.08. The third kappa shape index (κ3) is 2.88. The summed E-state index contributed by atoms with van der Waals surface area (Å²) in [5.41, 5.74) is 0.352. The van der Waals surface area contributed by atoms with Crippen molar-refractivity contribution in [2.24, 2.45) is 0 Å². The lowest BCUT2D eigenvalue weighted by Crippen LogP contribution is -1.99. The Balaban J connectivity index is 1.96. The molecule has 0 saturated carbocycles. The van der Waals surface area contributed by atoms with Crippen molar-refractivity contribution in [3.05, 3.63) is 58.7 Å². The molecule has 1 aromatic heterocycles. The summed E-state index contributed by atoms with van der Waals surface area (Å²) in [5, 5.41) is 2.09. The Kier molecular flexibility index (Phi) is 3.84. The largest absolute Gasteiger partial charge is 0.436 e. The number of ether oxygens (including phenoxy) is 1. The van der Waals surface area contributed by atoms with Gasteiger partial charge in [0.15, 0.2) is 0 Å². The number of aryl methyl sites for hydroxylation is 1. The zero-order valence-corrected chi connectivity index (χ0v) is 12.9. The monoisotopic (exact) mass is 346 g/mol. The van der Waals surface area contributed by atoms with Gasteiger partial charge in [0, 0.05) is 4.47 Å². The van der Waals surface area contributed by atoms with Crippen LogP contribution in [0.3, 0.4) is 0 Å². The fourth-order valence-corrected chi connectivity index (χ4v) is 2.45. The molecule has 0 fully saturated rings. The van der Waals surface area contributed by atoms with E-state index in [0.717, 1.165) is 15.2 Å². The number of aromatic nitrogens is 2. The molecule has 3 nitrogen and oxygen atoms in total. The fourth-order valence-electron chi connectivity index (χ4n) is 2.08. The predicted octanol–water partition coefficient (Wildman–Crippen LogP) is 4.89. The number of benzene rings is 2. The first-order chi connectivity index (χ1) is 10.2. The number of halogens is 2. The van der Waals surface area contributed by atoms with Crippen molar-refractivity contribution in [1.82, 2.24) is 9.97 Å². The van der Waals surface area contributed by atoms with E-state index < -0.39 is 5.82 Å². The predicted molar refractivity (Wildman–Crippen MR) is 83.1 cm³/mol. The summed E-state index contributed by atoms with van der Waals surface area (Å²) in [6.07, 6.45) is 1.81. The molecule has 2 aromatic carbocycles. The van der Waals surface area contributed by atoms with Crippen LogP contribution in [-0.4, -0.2) is 9.97 Å². The summed E-state index contributed by atoms with van der Waals surface area (Å²) in [7, 11) is 0. The molecule has 5 heteroatoms. The average molecular weight is 347 g/mol. The van der Waals surface area contributed by atoms with Crippen molar-refractivity contribution >= 4 is 26.7 Å². The summed E-state index contributed by atoms with van der Waals surface area (Å²) in [6.45, 7) is 1.84. The van der Waals surface area contributed by atoms with Gasteiger partial charge in [-0.3, -0.25) is 0 Å². The zero-order valence-electron chi connectivity index (χ0n) is 11.3. The van der Waals surface area contributed by atoms with Crippen LogP contribution in [0.15, 0.2) is 47.2 Å². The van der Waals surface area contributed by atoms with Gasteiger partial charge < -0.3 is 4.74 Å². The molecule has 0 amide bonds. The molecule has 0 aliphatic rings. The van der Waals surface area contributed by atoms with E-state index in [2.05, 4.69) is 25.9 Å². The van der Waals surface area contributed by atoms with Gasteiger partial charge in [0.2, 0.25) is 5.82 Å². The Labute approximate surface area is 129 Å². The number of fused-ring (bicyclic) bond motifs is 1. The molecule has 0 N–H and O–H groups in total. The van der Waals surface area contributed by atoms with E-state index in [1.165, 1.54) is 6.33 Å². The normalized spacial score (nSPS) is 10.8. The lowest BCUT2D eigenvalue weighted by atomic mass is 10.1. The first-order valence-corrected chi connectivity index (χ1v) is 7.33. The van der Waals surface area contributed by atoms with Gasteiger partial charge in [-0.15, -0.1) is 0 Å². The van der Waals surface area contributed by atoms with Crippen molar-refractivity contribution < 1.29 is 9.13 Å². The molecule has 0 atom stereocenters. The van der Waals surface area contributed by atoms with Crippen LogP contribution >= 0.6 is 15.9 Å². The van der Waals surface area contributed by atoms with Crippen LogP contribution in [0.2, 0.25) is 0 Å². The molecule has 3 rings (SSSR count). The van der Waals surface area contributed by atoms with Crippen molar-refractivity contribution in [2.75, 3.05) is 0 Å². The molecular formula is C16H12BrFN2O. The molecular weight excluding hydrogens is 335 g/mol. The number of hydrogen-bond donors (Lipinski definition) is 0. The Morgan fingerprint density at radius 3 is 2.67 bits per heavy atom. The third-order valence-corrected chi connectivity index (χ3v) is 3.65. The summed E-state index contributed by atoms with van der Waals surface area (Å²) in [6, 6.07) is 11.5. The minimum absolute atomic E-state index is 0.0432. The van der Waals surface area contributed by atoms with Crippen LogP contribution in [0.5, 0.6) is 11.6 Å². The van der Waals surface area contributed by atoms with Gasteiger partial charge in [-0.25, -0.2) is 4.98 Å². The highest BCUT2D eigenvalue weighted by molar-refractivity contribution is 9.10. The van der Waals surface area contributed by atoms with Crippen LogP contribution in [0, 0.1) is 5.82 Å². The molecule has 0 saturated heterocycles. The van der Waals surface area contributed by atoms with Crippen LogP contribution in [0.1, 0.15) is 12.6 Å². The standard InChI is InChI=1S/C16H12BrFN2O/c1-2-14-15(18)16(20-9-19-14)21-13-6-4-10-7-12(17)5-3-11(10)8-13/h3-9H,2H2,1H3. The van der Waals surface area contributed by atoms with Gasteiger partial charge in [0.05, 0.1) is 5.69 Å². The Bertz CT molecular complexity index is 807. The molecule has 1 heterocycles. The summed E-state index contributed by atoms with van der Waals surface area (Å²) < 4.78 is 20.6. The highest BCUT2D eigenvalue weighted by Crippen LogP contribution is 2.28. The first kappa shape index (κ1) is 13.9. The van der Waals surface area contributed by atoms with Gasteiger partial charge in [0.1, 0.15) is 12.1 Å². The fraction of sp³-hybridized carbons (Fsp3) is 0.125. The van der Waals surface area contributed by atoms with E-state index in [0.29, 0.717) is 17.9 Å². The van der Waals surface area contributed by atoms with Crippen molar-refractivity contribution in [3.63, 3.8) is 0 Å². The second kappa shape index (κ2) is 5.77. The SMILES string of the molecule is CCc1ncnc(Oc2ccc3cc(Br)ccc3c2)c1F. The maximum atomic E-state index is 14.1. The average Bonchev–Trinajstić information content (AvgIpc) is 2.49. The highest BCUT2D eigenvalue weighted by Gasteiger charge is 2.12. The second-order valence-electron chi connectivity index (χ2n) is 4.55. The minimum atomic E-state index is -0.504. The molecule has 0 unspecified atom stereocenters. The molecule has 3 aromatic rings. The maximum Gasteiger partial charge on any atom is 0.259 e. The van der Waals surface area contributed by atoms with Crippen LogP contribution < -0.4 is 4.74 Å². The van der Waals surface area contributed by atoms with Gasteiger partial charge >= 0.3 is 0 Å². The van der Waals surface area contributed by atoms with Crippen LogP contribution in [-0.2, 0) is 6.42 Å². The summed E-state index contributed by atoms with van der Waals surface area (Å²) in [4.78, 5) is 7.75. The molecule has 0 aliphatic heterocycles.